The smallest absolute Gasteiger partial charge is 0.0465 e. The van der Waals surface area contributed by atoms with Gasteiger partial charge in [0.15, 0.2) is 0 Å². The highest BCUT2D eigenvalue weighted by molar-refractivity contribution is 5.07. The third-order valence-corrected chi connectivity index (χ3v) is 5.36. The summed E-state index contributed by atoms with van der Waals surface area (Å²) in [5, 5.41) is 13.0. The number of hydrogen-bond donors (Lipinski definition) is 2. The van der Waals surface area contributed by atoms with E-state index in [2.05, 4.69) is 24.1 Å². The zero-order valence-corrected chi connectivity index (χ0v) is 11.8. The third kappa shape index (κ3) is 2.33. The maximum Gasteiger partial charge on any atom is 0.0465 e. The number of aliphatic hydroxyl groups excluding tert-OH is 1. The van der Waals surface area contributed by atoms with Crippen molar-refractivity contribution in [3.63, 3.8) is 0 Å². The van der Waals surface area contributed by atoms with E-state index in [0.717, 1.165) is 17.9 Å². The quantitative estimate of drug-likeness (QED) is 0.795. The van der Waals surface area contributed by atoms with Crippen molar-refractivity contribution in [3.05, 3.63) is 0 Å². The second-order valence-corrected chi connectivity index (χ2v) is 6.91. The molecule has 0 aromatic heterocycles. The molecular weight excluding hydrogens is 224 g/mol. The topological polar surface area (TPSA) is 35.5 Å². The van der Waals surface area contributed by atoms with Gasteiger partial charge in [-0.3, -0.25) is 4.90 Å². The lowest BCUT2D eigenvalue weighted by Gasteiger charge is -2.40. The molecule has 104 valence electrons. The fourth-order valence-electron chi connectivity index (χ4n) is 4.39. The van der Waals surface area contributed by atoms with Crippen LogP contribution in [0.2, 0.25) is 0 Å². The first kappa shape index (κ1) is 12.9. The van der Waals surface area contributed by atoms with Crippen molar-refractivity contribution in [1.29, 1.82) is 0 Å². The zero-order chi connectivity index (χ0) is 12.7. The summed E-state index contributed by atoms with van der Waals surface area (Å²) in [7, 11) is 0. The highest BCUT2D eigenvalue weighted by Gasteiger charge is 2.56. The highest BCUT2D eigenvalue weighted by atomic mass is 16.3. The summed E-state index contributed by atoms with van der Waals surface area (Å²) < 4.78 is 0. The van der Waals surface area contributed by atoms with Gasteiger partial charge in [0.2, 0.25) is 0 Å². The van der Waals surface area contributed by atoms with Crippen LogP contribution in [0.25, 0.3) is 0 Å². The van der Waals surface area contributed by atoms with Crippen LogP contribution in [-0.4, -0.2) is 47.8 Å². The Morgan fingerprint density at radius 1 is 1.17 bits per heavy atom. The molecular formula is C15H28N2O. The fraction of sp³-hybridized carbons (Fsp3) is 1.00. The number of hydrogen-bond acceptors (Lipinski definition) is 3. The molecule has 1 saturated heterocycles. The van der Waals surface area contributed by atoms with Crippen molar-refractivity contribution in [2.75, 3.05) is 19.7 Å². The Morgan fingerprint density at radius 3 is 2.44 bits per heavy atom. The van der Waals surface area contributed by atoms with Gasteiger partial charge in [0.05, 0.1) is 0 Å². The van der Waals surface area contributed by atoms with Gasteiger partial charge in [0, 0.05) is 37.8 Å². The first-order chi connectivity index (χ1) is 8.70. The molecule has 0 amide bonds. The normalized spacial score (nSPS) is 44.3. The first-order valence-corrected chi connectivity index (χ1v) is 7.81. The molecule has 3 heteroatoms. The van der Waals surface area contributed by atoms with Gasteiger partial charge in [-0.25, -0.2) is 0 Å². The van der Waals surface area contributed by atoms with E-state index in [0.29, 0.717) is 24.6 Å². The lowest BCUT2D eigenvalue weighted by Crippen LogP contribution is -2.53. The van der Waals surface area contributed by atoms with Crippen LogP contribution >= 0.6 is 0 Å². The maximum absolute atomic E-state index is 9.25. The van der Waals surface area contributed by atoms with E-state index in [1.54, 1.807) is 0 Å². The lowest BCUT2D eigenvalue weighted by atomic mass is 9.88. The van der Waals surface area contributed by atoms with E-state index in [-0.39, 0.29) is 0 Å². The summed E-state index contributed by atoms with van der Waals surface area (Å²) in [6.45, 7) is 7.43. The Kier molecular flexibility index (Phi) is 3.65. The van der Waals surface area contributed by atoms with Crippen LogP contribution in [0.15, 0.2) is 0 Å². The van der Waals surface area contributed by atoms with E-state index in [1.165, 1.54) is 38.8 Å². The van der Waals surface area contributed by atoms with E-state index in [9.17, 15) is 5.11 Å². The second kappa shape index (κ2) is 5.10. The minimum atomic E-state index is 0.418. The van der Waals surface area contributed by atoms with Gasteiger partial charge in [-0.05, 0) is 30.6 Å². The molecule has 3 rings (SSSR count). The predicted molar refractivity (Wildman–Crippen MR) is 73.4 cm³/mol. The van der Waals surface area contributed by atoms with Crippen molar-refractivity contribution in [3.8, 4) is 0 Å². The van der Waals surface area contributed by atoms with Crippen molar-refractivity contribution < 1.29 is 5.11 Å². The molecule has 2 saturated carbocycles. The van der Waals surface area contributed by atoms with Gasteiger partial charge >= 0.3 is 0 Å². The lowest BCUT2D eigenvalue weighted by molar-refractivity contribution is 0.118. The average molecular weight is 252 g/mol. The minimum Gasteiger partial charge on any atom is -0.396 e. The summed E-state index contributed by atoms with van der Waals surface area (Å²) in [6.07, 6.45) is 5.50. The molecule has 5 atom stereocenters. The molecule has 3 fully saturated rings. The van der Waals surface area contributed by atoms with Gasteiger partial charge in [-0.2, -0.15) is 0 Å². The van der Waals surface area contributed by atoms with Crippen LogP contribution < -0.4 is 5.32 Å². The summed E-state index contributed by atoms with van der Waals surface area (Å²) >= 11 is 0. The summed E-state index contributed by atoms with van der Waals surface area (Å²) in [5.74, 6) is 2.27. The molecule has 0 spiro atoms. The number of nitrogens with one attached hydrogen (secondary N) is 1. The van der Waals surface area contributed by atoms with Gasteiger partial charge in [-0.15, -0.1) is 0 Å². The zero-order valence-electron chi connectivity index (χ0n) is 11.8. The summed E-state index contributed by atoms with van der Waals surface area (Å²) in [6, 6.07) is 2.05. The molecule has 0 bridgehead atoms. The Labute approximate surface area is 111 Å². The van der Waals surface area contributed by atoms with Gasteiger partial charge in [0.1, 0.15) is 0 Å². The number of aliphatic hydroxyl groups is 1. The second-order valence-electron chi connectivity index (χ2n) is 6.91. The van der Waals surface area contributed by atoms with E-state index in [1.807, 2.05) is 0 Å². The van der Waals surface area contributed by atoms with E-state index in [4.69, 9.17) is 0 Å². The number of fused-ring (bicyclic) bond motifs is 1. The molecule has 2 aliphatic carbocycles. The monoisotopic (exact) mass is 252 g/mol. The van der Waals surface area contributed by atoms with Crippen LogP contribution in [-0.2, 0) is 0 Å². The molecule has 1 heterocycles. The van der Waals surface area contributed by atoms with Crippen LogP contribution in [0, 0.1) is 17.8 Å². The first-order valence-electron chi connectivity index (χ1n) is 7.81. The van der Waals surface area contributed by atoms with Crippen molar-refractivity contribution in [2.24, 2.45) is 17.8 Å². The number of likely N-dealkylation sites (tertiary alicyclic amines) is 1. The van der Waals surface area contributed by atoms with Crippen LogP contribution in [0.1, 0.15) is 39.5 Å². The predicted octanol–water partition coefficient (Wildman–Crippen LogP) is 1.47. The molecule has 3 nitrogen and oxygen atoms in total. The standard InChI is InChI=1S/C15H28N2O/c1-10(2)16-14-5-3-4-6-15(14)17-7-11-12(8-17)13(11)9-18/h10-16,18H,3-9H2,1-2H3/t11-,12+,13?,14-,15-/m1/s1. The van der Waals surface area contributed by atoms with Crippen LogP contribution in [0.3, 0.4) is 0 Å². The molecule has 0 aromatic rings. The van der Waals surface area contributed by atoms with Gasteiger partial charge < -0.3 is 10.4 Å². The van der Waals surface area contributed by atoms with Crippen molar-refractivity contribution >= 4 is 0 Å². The van der Waals surface area contributed by atoms with Gasteiger partial charge in [-0.1, -0.05) is 26.7 Å². The number of rotatable bonds is 4. The van der Waals surface area contributed by atoms with E-state index < -0.39 is 0 Å². The minimum absolute atomic E-state index is 0.418. The van der Waals surface area contributed by atoms with Crippen LogP contribution in [0.4, 0.5) is 0 Å². The Bertz CT molecular complexity index is 282. The van der Waals surface area contributed by atoms with Gasteiger partial charge in [0.25, 0.3) is 0 Å². The molecule has 2 N–H and O–H groups in total. The highest BCUT2D eigenvalue weighted by Crippen LogP contribution is 2.52. The summed E-state index contributed by atoms with van der Waals surface area (Å²) in [5.41, 5.74) is 0. The van der Waals surface area contributed by atoms with Crippen molar-refractivity contribution in [1.82, 2.24) is 10.2 Å². The fourth-order valence-corrected chi connectivity index (χ4v) is 4.39. The Balaban J connectivity index is 1.57. The maximum atomic E-state index is 9.25. The molecule has 3 aliphatic rings. The number of nitrogens with zero attached hydrogens (tertiary/aromatic N) is 1. The Hall–Kier alpha value is -0.120. The van der Waals surface area contributed by atoms with Crippen LogP contribution in [0.5, 0.6) is 0 Å². The third-order valence-electron chi connectivity index (χ3n) is 5.36. The summed E-state index contributed by atoms with van der Waals surface area (Å²) in [4.78, 5) is 2.72. The molecule has 0 aromatic carbocycles. The average Bonchev–Trinajstić information content (AvgIpc) is 2.81. The molecule has 1 aliphatic heterocycles. The molecule has 0 radical (unpaired) electrons. The Morgan fingerprint density at radius 2 is 1.83 bits per heavy atom. The molecule has 18 heavy (non-hydrogen) atoms. The van der Waals surface area contributed by atoms with Crippen molar-refractivity contribution in [2.45, 2.75) is 57.7 Å². The largest absolute Gasteiger partial charge is 0.396 e. The van der Waals surface area contributed by atoms with E-state index >= 15 is 0 Å². The molecule has 1 unspecified atom stereocenters. The SMILES string of the molecule is CC(C)N[C@@H]1CCCC[C@H]1N1C[C@@H]2C(CO)[C@@H]2C1. The number of piperidine rings is 1.